The average Bonchev–Trinajstić information content (AvgIpc) is 2.39. The number of aliphatic hydroxyl groups is 1. The number of hydrogen-bond acceptors (Lipinski definition) is 3. The lowest BCUT2D eigenvalue weighted by atomic mass is 10.1. The summed E-state index contributed by atoms with van der Waals surface area (Å²) in [6.45, 7) is 6.32. The zero-order valence-electron chi connectivity index (χ0n) is 9.34. The van der Waals surface area contributed by atoms with E-state index < -0.39 is 6.10 Å². The molecule has 3 heteroatoms. The number of hydrogen-bond donors (Lipinski definition) is 2. The van der Waals surface area contributed by atoms with Gasteiger partial charge in [-0.2, -0.15) is 0 Å². The fraction of sp³-hybridized carbons (Fsp3) is 0.385. The van der Waals surface area contributed by atoms with Crippen LogP contribution in [0.25, 0.3) is 0 Å². The third-order valence-corrected chi connectivity index (χ3v) is 3.01. The van der Waals surface area contributed by atoms with Gasteiger partial charge in [0.2, 0.25) is 0 Å². The number of anilines is 1. The molecule has 0 amide bonds. The number of para-hydroxylation sites is 1. The molecule has 2 atom stereocenters. The zero-order chi connectivity index (χ0) is 11.4. The van der Waals surface area contributed by atoms with E-state index in [0.29, 0.717) is 0 Å². The van der Waals surface area contributed by atoms with Crippen molar-refractivity contribution >= 4 is 5.69 Å². The van der Waals surface area contributed by atoms with Gasteiger partial charge in [-0.25, -0.2) is 0 Å². The van der Waals surface area contributed by atoms with Crippen LogP contribution < -0.4 is 10.2 Å². The Hall–Kier alpha value is -1.32. The Morgan fingerprint density at radius 3 is 2.88 bits per heavy atom. The maximum atomic E-state index is 9.91. The summed E-state index contributed by atoms with van der Waals surface area (Å²) in [6.07, 6.45) is 1.11. The Bertz CT molecular complexity index is 339. The highest BCUT2D eigenvalue weighted by molar-refractivity contribution is 5.48. The molecule has 16 heavy (non-hydrogen) atoms. The maximum absolute atomic E-state index is 9.91. The van der Waals surface area contributed by atoms with Gasteiger partial charge < -0.3 is 15.3 Å². The lowest BCUT2D eigenvalue weighted by Gasteiger charge is -2.39. The Labute approximate surface area is 96.4 Å². The van der Waals surface area contributed by atoms with Gasteiger partial charge in [0.15, 0.2) is 0 Å². The number of nitrogens with zero attached hydrogens (tertiary/aromatic N) is 1. The van der Waals surface area contributed by atoms with Crippen LogP contribution in [0, 0.1) is 0 Å². The van der Waals surface area contributed by atoms with Crippen LogP contribution in [0.15, 0.2) is 43.0 Å². The van der Waals surface area contributed by atoms with Crippen molar-refractivity contribution in [2.75, 3.05) is 24.5 Å². The highest BCUT2D eigenvalue weighted by Gasteiger charge is 2.26. The zero-order valence-corrected chi connectivity index (χ0v) is 9.34. The molecule has 0 aliphatic carbocycles. The van der Waals surface area contributed by atoms with Crippen LogP contribution in [-0.4, -0.2) is 36.9 Å². The number of aliphatic hydroxyl groups excluding tert-OH is 1. The predicted molar refractivity (Wildman–Crippen MR) is 66.6 cm³/mol. The SMILES string of the molecule is C=CC(O)C1CNCCN1c1ccccc1. The average molecular weight is 218 g/mol. The van der Waals surface area contributed by atoms with Crippen LogP contribution in [0.4, 0.5) is 5.69 Å². The van der Waals surface area contributed by atoms with Gasteiger partial charge in [-0.05, 0) is 12.1 Å². The second-order valence-electron chi connectivity index (χ2n) is 4.03. The van der Waals surface area contributed by atoms with Crippen molar-refractivity contribution in [2.24, 2.45) is 0 Å². The van der Waals surface area contributed by atoms with E-state index >= 15 is 0 Å². The molecule has 2 N–H and O–H groups in total. The summed E-state index contributed by atoms with van der Waals surface area (Å²) in [6, 6.07) is 10.3. The number of nitrogens with one attached hydrogen (secondary N) is 1. The second kappa shape index (κ2) is 5.14. The molecule has 1 aliphatic rings. The molecule has 0 radical (unpaired) electrons. The molecule has 1 aromatic rings. The van der Waals surface area contributed by atoms with E-state index in [4.69, 9.17) is 0 Å². The van der Waals surface area contributed by atoms with Crippen molar-refractivity contribution in [3.05, 3.63) is 43.0 Å². The van der Waals surface area contributed by atoms with Gasteiger partial charge in [-0.1, -0.05) is 24.3 Å². The first-order chi connectivity index (χ1) is 7.83. The van der Waals surface area contributed by atoms with Gasteiger partial charge in [-0.15, -0.1) is 6.58 Å². The van der Waals surface area contributed by atoms with E-state index in [0.717, 1.165) is 25.3 Å². The lowest BCUT2D eigenvalue weighted by molar-refractivity contribution is 0.177. The first kappa shape index (κ1) is 11.2. The third-order valence-electron chi connectivity index (χ3n) is 3.01. The lowest BCUT2D eigenvalue weighted by Crippen LogP contribution is -2.56. The minimum atomic E-state index is -0.493. The van der Waals surface area contributed by atoms with Gasteiger partial charge in [0.05, 0.1) is 12.1 Å². The molecule has 1 heterocycles. The Morgan fingerprint density at radius 2 is 2.19 bits per heavy atom. The Balaban J connectivity index is 2.19. The third kappa shape index (κ3) is 2.26. The summed E-state index contributed by atoms with van der Waals surface area (Å²) in [5, 5.41) is 13.2. The molecule has 2 unspecified atom stereocenters. The van der Waals surface area contributed by atoms with Crippen molar-refractivity contribution in [3.8, 4) is 0 Å². The quantitative estimate of drug-likeness (QED) is 0.743. The van der Waals surface area contributed by atoms with E-state index in [1.807, 2.05) is 18.2 Å². The highest BCUT2D eigenvalue weighted by atomic mass is 16.3. The van der Waals surface area contributed by atoms with E-state index in [1.54, 1.807) is 6.08 Å². The number of rotatable bonds is 3. The van der Waals surface area contributed by atoms with Gasteiger partial charge in [-0.3, -0.25) is 0 Å². The second-order valence-corrected chi connectivity index (χ2v) is 4.03. The molecule has 0 aromatic heterocycles. The van der Waals surface area contributed by atoms with E-state index in [1.165, 1.54) is 0 Å². The van der Waals surface area contributed by atoms with Crippen LogP contribution >= 0.6 is 0 Å². The minimum absolute atomic E-state index is 0.0775. The van der Waals surface area contributed by atoms with E-state index in [9.17, 15) is 5.11 Å². The van der Waals surface area contributed by atoms with Crippen molar-refractivity contribution in [2.45, 2.75) is 12.1 Å². The minimum Gasteiger partial charge on any atom is -0.387 e. The first-order valence-electron chi connectivity index (χ1n) is 5.66. The van der Waals surface area contributed by atoms with Crippen LogP contribution in [0.1, 0.15) is 0 Å². The standard InChI is InChI=1S/C13H18N2O/c1-2-13(16)12-10-14-8-9-15(12)11-6-4-3-5-7-11/h2-7,12-14,16H,1,8-10H2. The fourth-order valence-electron chi connectivity index (χ4n) is 2.13. The summed E-state index contributed by atoms with van der Waals surface area (Å²) in [4.78, 5) is 2.24. The molecule has 3 nitrogen and oxygen atoms in total. The van der Waals surface area contributed by atoms with Crippen LogP contribution in [0.2, 0.25) is 0 Å². The Morgan fingerprint density at radius 1 is 1.44 bits per heavy atom. The molecule has 0 spiro atoms. The van der Waals surface area contributed by atoms with Crippen molar-refractivity contribution in [3.63, 3.8) is 0 Å². The topological polar surface area (TPSA) is 35.5 Å². The molecule has 1 aromatic carbocycles. The largest absolute Gasteiger partial charge is 0.387 e. The molecule has 1 fully saturated rings. The molecular formula is C13H18N2O. The van der Waals surface area contributed by atoms with E-state index in [2.05, 4.69) is 28.9 Å². The molecule has 2 rings (SSSR count). The van der Waals surface area contributed by atoms with Gasteiger partial charge >= 0.3 is 0 Å². The fourth-order valence-corrected chi connectivity index (χ4v) is 2.13. The summed E-state index contributed by atoms with van der Waals surface area (Å²) in [5.41, 5.74) is 1.16. The Kier molecular flexibility index (Phi) is 3.59. The number of benzene rings is 1. The maximum Gasteiger partial charge on any atom is 0.0933 e. The highest BCUT2D eigenvalue weighted by Crippen LogP contribution is 2.19. The molecular weight excluding hydrogens is 200 g/mol. The molecule has 0 saturated carbocycles. The summed E-state index contributed by atoms with van der Waals surface area (Å²) < 4.78 is 0. The van der Waals surface area contributed by atoms with Crippen molar-refractivity contribution in [1.29, 1.82) is 0 Å². The monoisotopic (exact) mass is 218 g/mol. The van der Waals surface area contributed by atoms with Crippen LogP contribution in [0.3, 0.4) is 0 Å². The van der Waals surface area contributed by atoms with Gasteiger partial charge in [0.1, 0.15) is 0 Å². The van der Waals surface area contributed by atoms with Crippen molar-refractivity contribution < 1.29 is 5.11 Å². The van der Waals surface area contributed by atoms with Gasteiger partial charge in [0.25, 0.3) is 0 Å². The molecule has 86 valence electrons. The van der Waals surface area contributed by atoms with Crippen molar-refractivity contribution in [1.82, 2.24) is 5.32 Å². The normalized spacial score (nSPS) is 22.8. The smallest absolute Gasteiger partial charge is 0.0933 e. The summed E-state index contributed by atoms with van der Waals surface area (Å²) in [5.74, 6) is 0. The molecule has 1 saturated heterocycles. The van der Waals surface area contributed by atoms with Crippen LogP contribution in [0.5, 0.6) is 0 Å². The summed E-state index contributed by atoms with van der Waals surface area (Å²) >= 11 is 0. The molecule has 1 aliphatic heterocycles. The van der Waals surface area contributed by atoms with Gasteiger partial charge in [0, 0.05) is 25.3 Å². The predicted octanol–water partition coefficient (Wildman–Crippen LogP) is 1.01. The summed E-state index contributed by atoms with van der Waals surface area (Å²) in [7, 11) is 0. The first-order valence-corrected chi connectivity index (χ1v) is 5.66. The number of piperazine rings is 1. The van der Waals surface area contributed by atoms with Crippen LogP contribution in [-0.2, 0) is 0 Å². The molecule has 0 bridgehead atoms. The van der Waals surface area contributed by atoms with E-state index in [-0.39, 0.29) is 6.04 Å².